The summed E-state index contributed by atoms with van der Waals surface area (Å²) in [6.07, 6.45) is 0.771. The second kappa shape index (κ2) is 5.57. The van der Waals surface area contributed by atoms with Gasteiger partial charge >= 0.3 is 0 Å². The number of hydrogen-bond acceptors (Lipinski definition) is 3. The predicted octanol–water partition coefficient (Wildman–Crippen LogP) is 1.00. The van der Waals surface area contributed by atoms with Gasteiger partial charge in [0.05, 0.1) is 5.69 Å². The van der Waals surface area contributed by atoms with E-state index in [1.165, 1.54) is 0 Å². The Bertz CT molecular complexity index is 471. The van der Waals surface area contributed by atoms with Gasteiger partial charge in [-0.1, -0.05) is 0 Å². The lowest BCUT2D eigenvalue weighted by Crippen LogP contribution is -2.51. The molecule has 5 nitrogen and oxygen atoms in total. The number of amides is 1. The molecule has 1 fully saturated rings. The first kappa shape index (κ1) is 13.8. The van der Waals surface area contributed by atoms with E-state index in [-0.39, 0.29) is 5.91 Å². The van der Waals surface area contributed by atoms with Crippen LogP contribution in [-0.4, -0.2) is 58.8 Å². The molecule has 0 unspecified atom stereocenters. The molecule has 0 spiro atoms. The van der Waals surface area contributed by atoms with E-state index in [9.17, 15) is 9.59 Å². The lowest BCUT2D eigenvalue weighted by molar-refractivity contribution is 0.0586. The Kier molecular flexibility index (Phi) is 4.04. The monoisotopic (exact) mass is 263 g/mol. The van der Waals surface area contributed by atoms with E-state index in [0.29, 0.717) is 17.4 Å². The zero-order chi connectivity index (χ0) is 14.0. The molecule has 0 N–H and O–H groups in total. The molecule has 0 radical (unpaired) electrons. The van der Waals surface area contributed by atoms with Gasteiger partial charge in [0.2, 0.25) is 0 Å². The average molecular weight is 263 g/mol. The summed E-state index contributed by atoms with van der Waals surface area (Å²) in [7, 11) is 1.75. The Labute approximate surface area is 113 Å². The average Bonchev–Trinajstić information content (AvgIpc) is 2.79. The van der Waals surface area contributed by atoms with Crippen LogP contribution in [0.4, 0.5) is 0 Å². The fourth-order valence-electron chi connectivity index (χ4n) is 2.46. The fourth-order valence-corrected chi connectivity index (χ4v) is 2.46. The van der Waals surface area contributed by atoms with E-state index in [0.717, 1.165) is 32.5 Å². The third kappa shape index (κ3) is 2.71. The molecule has 1 aromatic heterocycles. The topological polar surface area (TPSA) is 45.6 Å². The summed E-state index contributed by atoms with van der Waals surface area (Å²) in [5.41, 5.74) is 1.12. The molecule has 0 saturated carbocycles. The van der Waals surface area contributed by atoms with Gasteiger partial charge in [-0.2, -0.15) is 0 Å². The molecule has 1 amide bonds. The van der Waals surface area contributed by atoms with Crippen LogP contribution < -0.4 is 0 Å². The van der Waals surface area contributed by atoms with E-state index in [4.69, 9.17) is 0 Å². The van der Waals surface area contributed by atoms with Crippen LogP contribution in [0.5, 0.6) is 0 Å². The highest BCUT2D eigenvalue weighted by molar-refractivity contribution is 5.94. The fraction of sp³-hybridized carbons (Fsp3) is 0.571. The first-order chi connectivity index (χ1) is 9.04. The summed E-state index contributed by atoms with van der Waals surface area (Å²) in [5, 5.41) is 0. The standard InChI is InChI=1S/C14H21N3O2/c1-11(2)16-6-8-17(9-7-16)14(19)13-5-4-12(10-18)15(13)3/h4-5,10-11H,6-9H2,1-3H3. The largest absolute Gasteiger partial charge is 0.337 e. The maximum atomic E-state index is 12.4. The van der Waals surface area contributed by atoms with Gasteiger partial charge < -0.3 is 9.47 Å². The molecule has 5 heteroatoms. The summed E-state index contributed by atoms with van der Waals surface area (Å²) >= 11 is 0. The van der Waals surface area contributed by atoms with Crippen molar-refractivity contribution in [3.05, 3.63) is 23.5 Å². The number of hydrogen-bond donors (Lipinski definition) is 0. The molecule has 1 saturated heterocycles. The van der Waals surface area contributed by atoms with Crippen molar-refractivity contribution in [2.45, 2.75) is 19.9 Å². The molecule has 0 aromatic carbocycles. The second-order valence-corrected chi connectivity index (χ2v) is 5.24. The van der Waals surface area contributed by atoms with Gasteiger partial charge in [-0.25, -0.2) is 0 Å². The number of nitrogens with zero attached hydrogens (tertiary/aromatic N) is 3. The summed E-state index contributed by atoms with van der Waals surface area (Å²) in [4.78, 5) is 27.4. The predicted molar refractivity (Wildman–Crippen MR) is 73.4 cm³/mol. The molecule has 104 valence electrons. The van der Waals surface area contributed by atoms with E-state index in [1.54, 1.807) is 23.7 Å². The molecule has 0 aliphatic carbocycles. The van der Waals surface area contributed by atoms with Gasteiger partial charge in [0.1, 0.15) is 5.69 Å². The zero-order valence-corrected chi connectivity index (χ0v) is 11.8. The van der Waals surface area contributed by atoms with Crippen LogP contribution in [0.15, 0.2) is 12.1 Å². The third-order valence-electron chi connectivity index (χ3n) is 3.83. The summed E-state index contributed by atoms with van der Waals surface area (Å²) in [5.74, 6) is 0.0130. The van der Waals surface area contributed by atoms with Crippen molar-refractivity contribution in [1.29, 1.82) is 0 Å². The van der Waals surface area contributed by atoms with Gasteiger partial charge in [-0.15, -0.1) is 0 Å². The number of aromatic nitrogens is 1. The van der Waals surface area contributed by atoms with Crippen LogP contribution in [0.1, 0.15) is 34.8 Å². The number of carbonyl (C=O) groups excluding carboxylic acids is 2. The molecular formula is C14H21N3O2. The molecule has 19 heavy (non-hydrogen) atoms. The van der Waals surface area contributed by atoms with E-state index in [1.807, 2.05) is 4.90 Å². The van der Waals surface area contributed by atoms with E-state index < -0.39 is 0 Å². The lowest BCUT2D eigenvalue weighted by atomic mass is 10.2. The summed E-state index contributed by atoms with van der Waals surface area (Å²) in [6, 6.07) is 3.93. The highest BCUT2D eigenvalue weighted by Crippen LogP contribution is 2.12. The quantitative estimate of drug-likeness (QED) is 0.764. The Morgan fingerprint density at radius 1 is 1.21 bits per heavy atom. The maximum absolute atomic E-state index is 12.4. The highest BCUT2D eigenvalue weighted by Gasteiger charge is 2.24. The molecular weight excluding hydrogens is 242 g/mol. The van der Waals surface area contributed by atoms with Crippen LogP contribution in [0.25, 0.3) is 0 Å². The molecule has 2 rings (SSSR count). The summed E-state index contributed by atoms with van der Waals surface area (Å²) < 4.78 is 1.66. The molecule has 1 aliphatic heterocycles. The zero-order valence-electron chi connectivity index (χ0n) is 11.8. The van der Waals surface area contributed by atoms with Crippen LogP contribution in [0, 0.1) is 0 Å². The minimum Gasteiger partial charge on any atom is -0.337 e. The van der Waals surface area contributed by atoms with Crippen LogP contribution >= 0.6 is 0 Å². The molecule has 1 aliphatic rings. The van der Waals surface area contributed by atoms with Gasteiger partial charge in [0.15, 0.2) is 6.29 Å². The van der Waals surface area contributed by atoms with Crippen molar-refractivity contribution in [2.75, 3.05) is 26.2 Å². The second-order valence-electron chi connectivity index (χ2n) is 5.24. The van der Waals surface area contributed by atoms with E-state index in [2.05, 4.69) is 18.7 Å². The van der Waals surface area contributed by atoms with Gasteiger partial charge in [-0.3, -0.25) is 14.5 Å². The molecule has 0 bridgehead atoms. The van der Waals surface area contributed by atoms with Crippen molar-refractivity contribution in [1.82, 2.24) is 14.4 Å². The summed E-state index contributed by atoms with van der Waals surface area (Å²) in [6.45, 7) is 7.66. The van der Waals surface area contributed by atoms with Crippen molar-refractivity contribution >= 4 is 12.2 Å². The van der Waals surface area contributed by atoms with Crippen molar-refractivity contribution in [3.63, 3.8) is 0 Å². The van der Waals surface area contributed by atoms with E-state index >= 15 is 0 Å². The number of rotatable bonds is 3. The number of aldehydes is 1. The first-order valence-electron chi connectivity index (χ1n) is 6.69. The highest BCUT2D eigenvalue weighted by atomic mass is 16.2. The van der Waals surface area contributed by atoms with Gasteiger partial charge in [-0.05, 0) is 26.0 Å². The van der Waals surface area contributed by atoms with Gasteiger partial charge in [0, 0.05) is 39.3 Å². The minimum atomic E-state index is 0.0130. The van der Waals surface area contributed by atoms with Gasteiger partial charge in [0.25, 0.3) is 5.91 Å². The molecule has 0 atom stereocenters. The Hall–Kier alpha value is -1.62. The normalized spacial score (nSPS) is 16.9. The third-order valence-corrected chi connectivity index (χ3v) is 3.83. The Morgan fingerprint density at radius 2 is 1.84 bits per heavy atom. The Balaban J connectivity index is 2.05. The van der Waals surface area contributed by atoms with Crippen molar-refractivity contribution in [2.24, 2.45) is 7.05 Å². The van der Waals surface area contributed by atoms with Crippen LogP contribution in [0.2, 0.25) is 0 Å². The van der Waals surface area contributed by atoms with Crippen LogP contribution in [-0.2, 0) is 7.05 Å². The molecule has 1 aromatic rings. The Morgan fingerprint density at radius 3 is 2.32 bits per heavy atom. The van der Waals surface area contributed by atoms with Crippen molar-refractivity contribution in [3.8, 4) is 0 Å². The molecule has 2 heterocycles. The number of carbonyl (C=O) groups is 2. The smallest absolute Gasteiger partial charge is 0.270 e. The minimum absolute atomic E-state index is 0.0130. The SMILES string of the molecule is CC(C)N1CCN(C(=O)c2ccc(C=O)n2C)CC1. The van der Waals surface area contributed by atoms with Crippen LogP contribution in [0.3, 0.4) is 0 Å². The first-order valence-corrected chi connectivity index (χ1v) is 6.69. The van der Waals surface area contributed by atoms with Crippen molar-refractivity contribution < 1.29 is 9.59 Å². The lowest BCUT2D eigenvalue weighted by Gasteiger charge is -2.36. The maximum Gasteiger partial charge on any atom is 0.270 e. The number of piperazine rings is 1.